The van der Waals surface area contributed by atoms with E-state index in [4.69, 9.17) is 14.0 Å². The van der Waals surface area contributed by atoms with Gasteiger partial charge in [0.25, 0.3) is 0 Å². The molecule has 0 unspecified atom stereocenters. The van der Waals surface area contributed by atoms with Crippen LogP contribution >= 0.6 is 0 Å². The van der Waals surface area contributed by atoms with Crippen LogP contribution in [0.4, 0.5) is 0 Å². The number of hydrogen-bond acceptors (Lipinski definition) is 6. The first kappa shape index (κ1) is 24.1. The van der Waals surface area contributed by atoms with Gasteiger partial charge in [0.2, 0.25) is 0 Å². The fourth-order valence-corrected chi connectivity index (χ4v) is 4.57. The van der Waals surface area contributed by atoms with Crippen molar-refractivity contribution < 1.29 is 14.0 Å². The van der Waals surface area contributed by atoms with E-state index in [9.17, 15) is 0 Å². The molecular formula is C23H36BN5O3Si. The Hall–Kier alpha value is -2.01. The van der Waals surface area contributed by atoms with Crippen LogP contribution in [-0.4, -0.2) is 57.8 Å². The van der Waals surface area contributed by atoms with E-state index in [1.165, 1.54) is 0 Å². The Labute approximate surface area is 197 Å². The maximum Gasteiger partial charge on any atom is 0.497 e. The highest BCUT2D eigenvalue weighted by atomic mass is 28.3. The first-order chi connectivity index (χ1) is 15.4. The zero-order valence-electron chi connectivity index (χ0n) is 21.2. The summed E-state index contributed by atoms with van der Waals surface area (Å²) in [5, 5.41) is 14.6. The van der Waals surface area contributed by atoms with Gasteiger partial charge in [-0.2, -0.15) is 20.1 Å². The molecule has 8 nitrogen and oxygen atoms in total. The molecule has 0 saturated carbocycles. The van der Waals surface area contributed by atoms with E-state index in [1.807, 2.05) is 17.8 Å². The Bertz CT molecular complexity index is 1120. The minimum Gasteiger partial charge on any atom is -0.399 e. The number of benzene rings is 1. The van der Waals surface area contributed by atoms with Crippen LogP contribution in [0.5, 0.6) is 0 Å². The number of fused-ring (bicyclic) bond motifs is 1. The average Bonchev–Trinajstić information content (AvgIpc) is 3.41. The molecule has 178 valence electrons. The zero-order valence-corrected chi connectivity index (χ0v) is 22.2. The highest BCUT2D eigenvalue weighted by Crippen LogP contribution is 2.37. The van der Waals surface area contributed by atoms with Gasteiger partial charge in [0.1, 0.15) is 12.4 Å². The second kappa shape index (κ2) is 8.65. The molecule has 1 aromatic carbocycles. The minimum absolute atomic E-state index is 0.381. The van der Waals surface area contributed by atoms with Gasteiger partial charge >= 0.3 is 7.12 Å². The third-order valence-electron chi connectivity index (χ3n) is 6.65. The minimum atomic E-state index is -1.16. The van der Waals surface area contributed by atoms with Crippen LogP contribution in [0.15, 0.2) is 24.5 Å². The van der Waals surface area contributed by atoms with E-state index in [0.717, 1.165) is 46.8 Å². The van der Waals surface area contributed by atoms with Crippen molar-refractivity contribution >= 4 is 31.6 Å². The highest BCUT2D eigenvalue weighted by Gasteiger charge is 2.52. The normalized spacial score (nSPS) is 17.9. The molecule has 1 saturated heterocycles. The molecule has 3 aromatic rings. The van der Waals surface area contributed by atoms with Crippen LogP contribution in [0.2, 0.25) is 25.7 Å². The monoisotopic (exact) mass is 469 g/mol. The van der Waals surface area contributed by atoms with Crippen molar-refractivity contribution in [3.63, 3.8) is 0 Å². The molecule has 10 heteroatoms. The Balaban J connectivity index is 1.74. The summed E-state index contributed by atoms with van der Waals surface area (Å²) < 4.78 is 20.7. The van der Waals surface area contributed by atoms with Gasteiger partial charge < -0.3 is 14.0 Å². The number of aromatic nitrogens is 5. The first-order valence-electron chi connectivity index (χ1n) is 11.7. The molecule has 4 rings (SSSR count). The van der Waals surface area contributed by atoms with Gasteiger partial charge in [0, 0.05) is 31.1 Å². The molecule has 1 fully saturated rings. The van der Waals surface area contributed by atoms with Gasteiger partial charge in [-0.25, -0.2) is 4.68 Å². The van der Waals surface area contributed by atoms with Crippen molar-refractivity contribution in [2.45, 2.75) is 84.8 Å². The zero-order chi connectivity index (χ0) is 24.0. The Morgan fingerprint density at radius 3 is 2.33 bits per heavy atom. The van der Waals surface area contributed by atoms with E-state index in [2.05, 4.69) is 74.8 Å². The van der Waals surface area contributed by atoms with Gasteiger partial charge in [-0.05, 0) is 40.7 Å². The molecule has 2 aromatic heterocycles. The van der Waals surface area contributed by atoms with Gasteiger partial charge in [-0.3, -0.25) is 0 Å². The summed E-state index contributed by atoms with van der Waals surface area (Å²) in [7, 11) is -1.65. The van der Waals surface area contributed by atoms with Crippen LogP contribution in [-0.2, 0) is 27.3 Å². The van der Waals surface area contributed by atoms with E-state index in [0.29, 0.717) is 6.73 Å². The summed E-state index contributed by atoms with van der Waals surface area (Å²) in [5.41, 5.74) is 2.85. The lowest BCUT2D eigenvalue weighted by atomic mass is 9.77. The maximum absolute atomic E-state index is 6.39. The molecule has 0 bridgehead atoms. The fourth-order valence-electron chi connectivity index (χ4n) is 3.81. The molecule has 1 aliphatic heterocycles. The molecule has 0 spiro atoms. The standard InChI is InChI=1S/C23H36BN5O3Si/c1-9-29-26-15-20(27-29)17-10-11-19(24-31-22(2,3)23(4,5)32-24)21-18(17)14-25-28(21)16-30-12-13-33(6,7)8/h10-11,14-15H,9,12-13,16H2,1-8H3. The summed E-state index contributed by atoms with van der Waals surface area (Å²) in [6.45, 7) is 19.2. The van der Waals surface area contributed by atoms with Crippen molar-refractivity contribution in [1.82, 2.24) is 24.8 Å². The van der Waals surface area contributed by atoms with Crippen LogP contribution in [0, 0.1) is 0 Å². The number of rotatable bonds is 8. The predicted molar refractivity (Wildman–Crippen MR) is 134 cm³/mol. The van der Waals surface area contributed by atoms with Crippen LogP contribution in [0.25, 0.3) is 22.2 Å². The molecule has 33 heavy (non-hydrogen) atoms. The highest BCUT2D eigenvalue weighted by molar-refractivity contribution is 6.76. The van der Waals surface area contributed by atoms with E-state index < -0.39 is 26.4 Å². The van der Waals surface area contributed by atoms with Gasteiger partial charge in [-0.1, -0.05) is 31.8 Å². The van der Waals surface area contributed by atoms with Gasteiger partial charge in [0.15, 0.2) is 0 Å². The van der Waals surface area contributed by atoms with Gasteiger partial charge in [0.05, 0.1) is 35.7 Å². The first-order valence-corrected chi connectivity index (χ1v) is 15.4. The van der Waals surface area contributed by atoms with Crippen molar-refractivity contribution in [2.75, 3.05) is 6.61 Å². The van der Waals surface area contributed by atoms with Crippen molar-refractivity contribution in [3.8, 4) is 11.3 Å². The third kappa shape index (κ3) is 4.80. The molecule has 0 amide bonds. The number of aryl methyl sites for hydroxylation is 1. The van der Waals surface area contributed by atoms with Crippen molar-refractivity contribution in [3.05, 3.63) is 24.5 Å². The Morgan fingerprint density at radius 1 is 1.03 bits per heavy atom. The second-order valence-electron chi connectivity index (χ2n) is 11.0. The van der Waals surface area contributed by atoms with Crippen LogP contribution in [0.3, 0.4) is 0 Å². The summed E-state index contributed by atoms with van der Waals surface area (Å²) in [5.74, 6) is 0. The van der Waals surface area contributed by atoms with Gasteiger partial charge in [-0.15, -0.1) is 0 Å². The molecular weight excluding hydrogens is 433 g/mol. The van der Waals surface area contributed by atoms with Crippen LogP contribution in [0.1, 0.15) is 34.6 Å². The number of nitrogens with zero attached hydrogens (tertiary/aromatic N) is 5. The SMILES string of the molecule is CCn1ncc(-c2ccc(B3OC(C)(C)C(C)(C)O3)c3c2cnn3COCC[Si](C)(C)C)n1. The molecule has 0 atom stereocenters. The summed E-state index contributed by atoms with van der Waals surface area (Å²) in [4.78, 5) is 1.69. The van der Waals surface area contributed by atoms with E-state index in [1.54, 1.807) is 11.0 Å². The predicted octanol–water partition coefficient (Wildman–Crippen LogP) is 3.93. The largest absolute Gasteiger partial charge is 0.497 e. The quantitative estimate of drug-likeness (QED) is 0.368. The molecule has 0 radical (unpaired) electrons. The number of ether oxygens (including phenoxy) is 1. The van der Waals surface area contributed by atoms with Crippen LogP contribution < -0.4 is 5.46 Å². The second-order valence-corrected chi connectivity index (χ2v) is 16.6. The maximum atomic E-state index is 6.39. The molecule has 1 aliphatic rings. The molecule has 0 aliphatic carbocycles. The Kier molecular flexibility index (Phi) is 6.32. The van der Waals surface area contributed by atoms with Crippen molar-refractivity contribution in [2.24, 2.45) is 0 Å². The van der Waals surface area contributed by atoms with Crippen molar-refractivity contribution in [1.29, 1.82) is 0 Å². The summed E-state index contributed by atoms with van der Waals surface area (Å²) in [6, 6.07) is 5.23. The lowest BCUT2D eigenvalue weighted by Gasteiger charge is -2.32. The summed E-state index contributed by atoms with van der Waals surface area (Å²) in [6.07, 6.45) is 3.68. The topological polar surface area (TPSA) is 76.2 Å². The van der Waals surface area contributed by atoms with E-state index in [-0.39, 0.29) is 0 Å². The number of hydrogen-bond donors (Lipinski definition) is 0. The Morgan fingerprint density at radius 2 is 1.73 bits per heavy atom. The summed E-state index contributed by atoms with van der Waals surface area (Å²) >= 11 is 0. The lowest BCUT2D eigenvalue weighted by Crippen LogP contribution is -2.41. The smallest absolute Gasteiger partial charge is 0.399 e. The fraction of sp³-hybridized carbons (Fsp3) is 0.609. The third-order valence-corrected chi connectivity index (χ3v) is 8.35. The molecule has 0 N–H and O–H groups in total. The lowest BCUT2D eigenvalue weighted by molar-refractivity contribution is 0.00578. The van der Waals surface area contributed by atoms with E-state index >= 15 is 0 Å². The molecule has 3 heterocycles. The average molecular weight is 469 g/mol.